The van der Waals surface area contributed by atoms with Crippen LogP contribution in [0.1, 0.15) is 11.1 Å². The summed E-state index contributed by atoms with van der Waals surface area (Å²) in [6.07, 6.45) is 0.0965. The summed E-state index contributed by atoms with van der Waals surface area (Å²) in [6, 6.07) is 9.64. The van der Waals surface area contributed by atoms with Gasteiger partial charge in [-0.2, -0.15) is 0 Å². The first-order chi connectivity index (χ1) is 9.99. The van der Waals surface area contributed by atoms with E-state index < -0.39 is 0 Å². The lowest BCUT2D eigenvalue weighted by molar-refractivity contribution is -0.115. The fourth-order valence-corrected chi connectivity index (χ4v) is 2.13. The van der Waals surface area contributed by atoms with E-state index in [0.29, 0.717) is 27.6 Å². The lowest BCUT2D eigenvalue weighted by atomic mass is 10.1. The number of amides is 1. The SMILES string of the molecule is COc1ccc(Cl)cc1CC(=O)Nc1ccc(C)c(F)c1. The molecule has 0 spiro atoms. The lowest BCUT2D eigenvalue weighted by Gasteiger charge is -2.10. The number of carbonyl (C=O) groups is 1. The largest absolute Gasteiger partial charge is 0.496 e. The number of carbonyl (C=O) groups excluding carboxylic acids is 1. The Morgan fingerprint density at radius 2 is 2.05 bits per heavy atom. The van der Waals surface area contributed by atoms with Crippen LogP contribution in [0.25, 0.3) is 0 Å². The predicted molar refractivity (Wildman–Crippen MR) is 81.5 cm³/mol. The Balaban J connectivity index is 2.11. The van der Waals surface area contributed by atoms with E-state index >= 15 is 0 Å². The van der Waals surface area contributed by atoms with Crippen LogP contribution in [0.2, 0.25) is 5.02 Å². The fourth-order valence-electron chi connectivity index (χ4n) is 1.93. The molecule has 110 valence electrons. The summed E-state index contributed by atoms with van der Waals surface area (Å²) < 4.78 is 18.6. The molecule has 0 aliphatic rings. The van der Waals surface area contributed by atoms with Gasteiger partial charge in [-0.1, -0.05) is 17.7 Å². The summed E-state index contributed by atoms with van der Waals surface area (Å²) in [5.74, 6) is -0.0309. The zero-order valence-corrected chi connectivity index (χ0v) is 12.5. The van der Waals surface area contributed by atoms with Crippen LogP contribution in [-0.4, -0.2) is 13.0 Å². The predicted octanol–water partition coefficient (Wildman–Crippen LogP) is 3.98. The molecule has 2 rings (SSSR count). The second kappa shape index (κ2) is 6.59. The summed E-state index contributed by atoms with van der Waals surface area (Å²) in [5, 5.41) is 3.18. The molecule has 0 aromatic heterocycles. The van der Waals surface area contributed by atoms with E-state index in [4.69, 9.17) is 16.3 Å². The molecule has 0 saturated heterocycles. The van der Waals surface area contributed by atoms with Crippen molar-refractivity contribution < 1.29 is 13.9 Å². The van der Waals surface area contributed by atoms with Crippen LogP contribution in [0.5, 0.6) is 5.75 Å². The number of benzene rings is 2. The number of anilines is 1. The topological polar surface area (TPSA) is 38.3 Å². The molecule has 0 aliphatic heterocycles. The molecule has 0 bridgehead atoms. The van der Waals surface area contributed by atoms with E-state index in [1.807, 2.05) is 0 Å². The summed E-state index contributed by atoms with van der Waals surface area (Å²) >= 11 is 5.92. The van der Waals surface area contributed by atoms with Gasteiger partial charge in [0, 0.05) is 16.3 Å². The van der Waals surface area contributed by atoms with Crippen molar-refractivity contribution in [2.75, 3.05) is 12.4 Å². The number of hydrogen-bond acceptors (Lipinski definition) is 2. The van der Waals surface area contributed by atoms with E-state index in [-0.39, 0.29) is 18.1 Å². The third-order valence-corrected chi connectivity index (χ3v) is 3.28. The minimum atomic E-state index is -0.354. The molecule has 21 heavy (non-hydrogen) atoms. The first-order valence-electron chi connectivity index (χ1n) is 6.38. The Morgan fingerprint density at radius 3 is 2.71 bits per heavy atom. The highest BCUT2D eigenvalue weighted by Gasteiger charge is 2.10. The van der Waals surface area contributed by atoms with Gasteiger partial charge in [0.2, 0.25) is 5.91 Å². The maximum atomic E-state index is 13.4. The van der Waals surface area contributed by atoms with Crippen LogP contribution in [0.15, 0.2) is 36.4 Å². The average Bonchev–Trinajstić information content (AvgIpc) is 2.43. The minimum Gasteiger partial charge on any atom is -0.496 e. The van der Waals surface area contributed by atoms with E-state index in [1.54, 1.807) is 37.3 Å². The Morgan fingerprint density at radius 1 is 1.29 bits per heavy atom. The Labute approximate surface area is 127 Å². The number of hydrogen-bond donors (Lipinski definition) is 1. The van der Waals surface area contributed by atoms with Crippen LogP contribution < -0.4 is 10.1 Å². The van der Waals surface area contributed by atoms with Crippen molar-refractivity contribution in [1.29, 1.82) is 0 Å². The van der Waals surface area contributed by atoms with E-state index in [2.05, 4.69) is 5.32 Å². The van der Waals surface area contributed by atoms with Crippen molar-refractivity contribution in [3.63, 3.8) is 0 Å². The second-order valence-corrected chi connectivity index (χ2v) is 5.08. The third kappa shape index (κ3) is 3.95. The van der Waals surface area contributed by atoms with E-state index in [9.17, 15) is 9.18 Å². The first kappa shape index (κ1) is 15.3. The van der Waals surface area contributed by atoms with Gasteiger partial charge in [0.15, 0.2) is 0 Å². The number of rotatable bonds is 4. The van der Waals surface area contributed by atoms with Crippen molar-refractivity contribution >= 4 is 23.2 Å². The van der Waals surface area contributed by atoms with Gasteiger partial charge in [0.25, 0.3) is 0 Å². The van der Waals surface area contributed by atoms with Crippen LogP contribution in [-0.2, 0) is 11.2 Å². The smallest absolute Gasteiger partial charge is 0.228 e. The highest BCUT2D eigenvalue weighted by Crippen LogP contribution is 2.23. The molecular formula is C16H15ClFNO2. The molecule has 0 atom stereocenters. The molecule has 1 N–H and O–H groups in total. The van der Waals surface area contributed by atoms with Crippen molar-refractivity contribution in [2.45, 2.75) is 13.3 Å². The van der Waals surface area contributed by atoms with Crippen molar-refractivity contribution in [3.8, 4) is 5.75 Å². The molecule has 0 unspecified atom stereocenters. The normalized spacial score (nSPS) is 10.3. The molecule has 5 heteroatoms. The van der Waals surface area contributed by atoms with Crippen LogP contribution in [0, 0.1) is 12.7 Å². The van der Waals surface area contributed by atoms with Gasteiger partial charge in [0.1, 0.15) is 11.6 Å². The van der Waals surface area contributed by atoms with Crippen LogP contribution in [0.3, 0.4) is 0 Å². The van der Waals surface area contributed by atoms with Gasteiger partial charge in [-0.3, -0.25) is 4.79 Å². The van der Waals surface area contributed by atoms with Crippen LogP contribution >= 0.6 is 11.6 Å². The summed E-state index contributed by atoms with van der Waals surface area (Å²) in [5.41, 5.74) is 1.63. The molecule has 2 aromatic rings. The quantitative estimate of drug-likeness (QED) is 0.928. The molecule has 0 heterocycles. The average molecular weight is 308 g/mol. The molecule has 0 radical (unpaired) electrons. The number of ether oxygens (including phenoxy) is 1. The number of methoxy groups -OCH3 is 1. The maximum Gasteiger partial charge on any atom is 0.228 e. The third-order valence-electron chi connectivity index (χ3n) is 3.05. The highest BCUT2D eigenvalue weighted by molar-refractivity contribution is 6.30. The van der Waals surface area contributed by atoms with Gasteiger partial charge < -0.3 is 10.1 Å². The molecular weight excluding hydrogens is 293 g/mol. The molecule has 3 nitrogen and oxygen atoms in total. The standard InChI is InChI=1S/C16H15ClFNO2/c1-10-3-5-13(9-14(10)18)19-16(20)8-11-7-12(17)4-6-15(11)21-2/h3-7,9H,8H2,1-2H3,(H,19,20). The Kier molecular flexibility index (Phi) is 4.81. The van der Waals surface area contributed by atoms with Gasteiger partial charge in [-0.05, 0) is 42.8 Å². The van der Waals surface area contributed by atoms with Gasteiger partial charge >= 0.3 is 0 Å². The summed E-state index contributed by atoms with van der Waals surface area (Å²) in [7, 11) is 1.53. The first-order valence-corrected chi connectivity index (χ1v) is 6.76. The lowest BCUT2D eigenvalue weighted by Crippen LogP contribution is -2.15. The summed E-state index contributed by atoms with van der Waals surface area (Å²) in [4.78, 5) is 12.0. The number of nitrogens with one attached hydrogen (secondary N) is 1. The minimum absolute atomic E-state index is 0.0965. The molecule has 0 saturated carbocycles. The van der Waals surface area contributed by atoms with E-state index in [0.717, 1.165) is 0 Å². The Hall–Kier alpha value is -2.07. The molecule has 0 aliphatic carbocycles. The molecule has 1 amide bonds. The van der Waals surface area contributed by atoms with Gasteiger partial charge in [-0.25, -0.2) is 4.39 Å². The monoisotopic (exact) mass is 307 g/mol. The number of aryl methyl sites for hydroxylation is 1. The zero-order chi connectivity index (χ0) is 15.4. The second-order valence-electron chi connectivity index (χ2n) is 4.65. The summed E-state index contributed by atoms with van der Waals surface area (Å²) in [6.45, 7) is 1.66. The van der Waals surface area contributed by atoms with Crippen molar-refractivity contribution in [2.24, 2.45) is 0 Å². The van der Waals surface area contributed by atoms with Crippen molar-refractivity contribution in [1.82, 2.24) is 0 Å². The van der Waals surface area contributed by atoms with Gasteiger partial charge in [-0.15, -0.1) is 0 Å². The highest BCUT2D eigenvalue weighted by atomic mass is 35.5. The number of halogens is 2. The van der Waals surface area contributed by atoms with Gasteiger partial charge in [0.05, 0.1) is 13.5 Å². The Bertz CT molecular complexity index is 673. The zero-order valence-electron chi connectivity index (χ0n) is 11.7. The fraction of sp³-hybridized carbons (Fsp3) is 0.188. The molecule has 0 fully saturated rings. The maximum absolute atomic E-state index is 13.4. The molecule has 2 aromatic carbocycles. The van der Waals surface area contributed by atoms with E-state index in [1.165, 1.54) is 13.2 Å². The van der Waals surface area contributed by atoms with Crippen molar-refractivity contribution in [3.05, 3.63) is 58.4 Å². The van der Waals surface area contributed by atoms with Crippen LogP contribution in [0.4, 0.5) is 10.1 Å².